The molecule has 150 valence electrons. The smallest absolute Gasteiger partial charge is 0.275 e. The molecule has 2 aromatic rings. The van der Waals surface area contributed by atoms with Gasteiger partial charge in [0.1, 0.15) is 23.6 Å². The molecule has 0 aliphatic carbocycles. The molecule has 1 aliphatic heterocycles. The second-order valence-corrected chi connectivity index (χ2v) is 7.57. The van der Waals surface area contributed by atoms with Crippen LogP contribution in [0.25, 0.3) is 0 Å². The summed E-state index contributed by atoms with van der Waals surface area (Å²) in [6.45, 7) is 7.37. The summed E-state index contributed by atoms with van der Waals surface area (Å²) in [5.41, 5.74) is 3.12. The summed E-state index contributed by atoms with van der Waals surface area (Å²) in [6, 6.07) is 11.8. The van der Waals surface area contributed by atoms with Crippen molar-refractivity contribution in [2.45, 2.75) is 45.9 Å². The molecule has 0 unspecified atom stereocenters. The monoisotopic (exact) mass is 403 g/mol. The summed E-state index contributed by atoms with van der Waals surface area (Å²) in [5.74, 6) is 1.67. The fourth-order valence-electron chi connectivity index (χ4n) is 3.43. The van der Waals surface area contributed by atoms with Gasteiger partial charge in [-0.1, -0.05) is 29.8 Å². The molecule has 0 radical (unpaired) electrons. The van der Waals surface area contributed by atoms with Crippen molar-refractivity contribution in [3.05, 3.63) is 58.1 Å². The van der Waals surface area contributed by atoms with Crippen molar-refractivity contribution in [2.24, 2.45) is 0 Å². The van der Waals surface area contributed by atoms with Crippen molar-refractivity contribution in [2.75, 3.05) is 13.2 Å². The molecule has 0 aromatic heterocycles. The summed E-state index contributed by atoms with van der Waals surface area (Å²) in [6.07, 6.45) is 1.06. The van der Waals surface area contributed by atoms with E-state index in [1.165, 1.54) is 0 Å². The number of hydrogen-bond acceptors (Lipinski definition) is 3. The predicted octanol–water partition coefficient (Wildman–Crippen LogP) is 3.00. The molecule has 1 amide bonds. The van der Waals surface area contributed by atoms with Crippen molar-refractivity contribution in [3.63, 3.8) is 0 Å². The Bertz CT molecular complexity index is 841. The fourth-order valence-corrected chi connectivity index (χ4v) is 3.74. The molecule has 3 rings (SSSR count). The Labute approximate surface area is 171 Å². The number of amides is 1. The van der Waals surface area contributed by atoms with Gasteiger partial charge < -0.3 is 20.1 Å². The van der Waals surface area contributed by atoms with Crippen LogP contribution in [0.15, 0.2) is 36.4 Å². The lowest BCUT2D eigenvalue weighted by atomic mass is 10.1. The second-order valence-electron chi connectivity index (χ2n) is 7.16. The Balaban J connectivity index is 1.57. The van der Waals surface area contributed by atoms with Crippen LogP contribution in [0.4, 0.5) is 0 Å². The highest BCUT2D eigenvalue weighted by atomic mass is 35.5. The quantitative estimate of drug-likeness (QED) is 0.712. The lowest BCUT2D eigenvalue weighted by Crippen LogP contribution is -2.87. The third-order valence-corrected chi connectivity index (χ3v) is 5.25. The van der Waals surface area contributed by atoms with Crippen molar-refractivity contribution >= 4 is 17.5 Å². The van der Waals surface area contributed by atoms with Crippen molar-refractivity contribution < 1.29 is 19.6 Å². The van der Waals surface area contributed by atoms with E-state index in [0.717, 1.165) is 39.6 Å². The summed E-state index contributed by atoms with van der Waals surface area (Å²) in [5, 5.41) is 5.69. The molecular weight excluding hydrogens is 376 g/mol. The molecule has 3 N–H and O–H groups in total. The molecule has 0 spiro atoms. The first-order chi connectivity index (χ1) is 13.5. The molecule has 1 aliphatic rings. The maximum Gasteiger partial charge on any atom is 0.275 e. The first kappa shape index (κ1) is 20.5. The SMILES string of the molecule is CCOc1cc2c(cc1CNC(=O)C[NH2+][C@@H](C)c1ccccc1Cl)O[C@H](C)C2. The highest BCUT2D eigenvalue weighted by Gasteiger charge is 2.22. The minimum absolute atomic E-state index is 0.0314. The summed E-state index contributed by atoms with van der Waals surface area (Å²) in [7, 11) is 0. The van der Waals surface area contributed by atoms with Gasteiger partial charge in [0.2, 0.25) is 0 Å². The molecule has 28 heavy (non-hydrogen) atoms. The van der Waals surface area contributed by atoms with Crippen LogP contribution in [0.5, 0.6) is 11.5 Å². The highest BCUT2D eigenvalue weighted by molar-refractivity contribution is 6.31. The Morgan fingerprint density at radius 3 is 2.93 bits per heavy atom. The molecule has 0 saturated carbocycles. The zero-order valence-electron chi connectivity index (χ0n) is 16.6. The minimum atomic E-state index is -0.0314. The number of quaternary nitrogens is 1. The average molecular weight is 404 g/mol. The van der Waals surface area contributed by atoms with Gasteiger partial charge in [-0.25, -0.2) is 0 Å². The normalized spacial score (nSPS) is 16.2. The van der Waals surface area contributed by atoms with Crippen LogP contribution >= 0.6 is 11.6 Å². The summed E-state index contributed by atoms with van der Waals surface area (Å²) in [4.78, 5) is 12.3. The third-order valence-electron chi connectivity index (χ3n) is 4.91. The predicted molar refractivity (Wildman–Crippen MR) is 110 cm³/mol. The molecule has 2 atom stereocenters. The van der Waals surface area contributed by atoms with Crippen molar-refractivity contribution in [1.82, 2.24) is 5.32 Å². The van der Waals surface area contributed by atoms with Gasteiger partial charge in [-0.05, 0) is 39.0 Å². The average Bonchev–Trinajstić information content (AvgIpc) is 3.03. The molecule has 2 aromatic carbocycles. The maximum atomic E-state index is 12.3. The standard InChI is InChI=1S/C22H27ClN2O3/c1-4-27-20-10-16-9-14(2)28-21(16)11-17(20)12-25-22(26)13-24-15(3)18-7-5-6-8-19(18)23/h5-8,10-11,14-15,24H,4,9,12-13H2,1-3H3,(H,25,26)/p+1/t14-,15+/m1/s1. The number of rotatable bonds is 8. The van der Waals surface area contributed by atoms with Gasteiger partial charge in [-0.3, -0.25) is 4.79 Å². The zero-order chi connectivity index (χ0) is 20.1. The van der Waals surface area contributed by atoms with Crippen LogP contribution in [0.3, 0.4) is 0 Å². The van der Waals surface area contributed by atoms with Gasteiger partial charge in [-0.15, -0.1) is 0 Å². The van der Waals surface area contributed by atoms with Gasteiger partial charge in [0, 0.05) is 34.7 Å². The zero-order valence-corrected chi connectivity index (χ0v) is 17.4. The Morgan fingerprint density at radius 1 is 1.39 bits per heavy atom. The van der Waals surface area contributed by atoms with E-state index in [2.05, 4.69) is 12.2 Å². The van der Waals surface area contributed by atoms with Crippen molar-refractivity contribution in [3.8, 4) is 11.5 Å². The minimum Gasteiger partial charge on any atom is -0.494 e. The Morgan fingerprint density at radius 2 is 2.18 bits per heavy atom. The number of halogens is 1. The summed E-state index contributed by atoms with van der Waals surface area (Å²) < 4.78 is 11.6. The van der Waals surface area contributed by atoms with Crippen LogP contribution < -0.4 is 20.1 Å². The van der Waals surface area contributed by atoms with E-state index in [1.807, 2.05) is 55.6 Å². The van der Waals surface area contributed by atoms with E-state index >= 15 is 0 Å². The largest absolute Gasteiger partial charge is 0.494 e. The maximum absolute atomic E-state index is 12.3. The van der Waals surface area contributed by atoms with Crippen LogP contribution in [-0.2, 0) is 17.8 Å². The third kappa shape index (κ3) is 4.97. The number of benzene rings is 2. The number of hydrogen-bond donors (Lipinski definition) is 2. The van der Waals surface area contributed by atoms with Gasteiger partial charge in [0.25, 0.3) is 5.91 Å². The Hall–Kier alpha value is -2.24. The topological polar surface area (TPSA) is 64.2 Å². The molecular formula is C22H28ClN2O3+. The number of ether oxygens (including phenoxy) is 2. The van der Waals surface area contributed by atoms with E-state index in [1.54, 1.807) is 0 Å². The number of fused-ring (bicyclic) bond motifs is 1. The van der Waals surface area contributed by atoms with Crippen LogP contribution in [0.2, 0.25) is 5.02 Å². The van der Waals surface area contributed by atoms with Gasteiger partial charge in [0.05, 0.1) is 6.61 Å². The van der Waals surface area contributed by atoms with Crippen molar-refractivity contribution in [1.29, 1.82) is 0 Å². The van der Waals surface area contributed by atoms with Crippen LogP contribution in [0, 0.1) is 0 Å². The van der Waals surface area contributed by atoms with E-state index in [-0.39, 0.29) is 18.1 Å². The van der Waals surface area contributed by atoms with Gasteiger partial charge in [0.15, 0.2) is 6.54 Å². The first-order valence-corrected chi connectivity index (χ1v) is 10.2. The van der Waals surface area contributed by atoms with E-state index in [4.69, 9.17) is 21.1 Å². The lowest BCUT2D eigenvalue weighted by Gasteiger charge is -2.14. The molecule has 6 heteroatoms. The first-order valence-electron chi connectivity index (χ1n) is 9.77. The molecule has 0 fully saturated rings. The lowest BCUT2D eigenvalue weighted by molar-refractivity contribution is -0.682. The number of carbonyl (C=O) groups excluding carboxylic acids is 1. The number of nitrogens with one attached hydrogen (secondary N) is 1. The van der Waals surface area contributed by atoms with Crippen LogP contribution in [-0.4, -0.2) is 25.2 Å². The Kier molecular flexibility index (Phi) is 6.81. The molecule has 5 nitrogen and oxygen atoms in total. The van der Waals surface area contributed by atoms with Gasteiger partial charge in [-0.2, -0.15) is 0 Å². The van der Waals surface area contributed by atoms with E-state index in [9.17, 15) is 4.79 Å². The number of nitrogens with two attached hydrogens (primary N) is 1. The van der Waals surface area contributed by atoms with E-state index < -0.39 is 0 Å². The van der Waals surface area contributed by atoms with Crippen LogP contribution in [0.1, 0.15) is 43.5 Å². The van der Waals surface area contributed by atoms with E-state index in [0.29, 0.717) is 19.7 Å². The molecule has 1 heterocycles. The summed E-state index contributed by atoms with van der Waals surface area (Å²) >= 11 is 6.23. The number of carbonyl (C=O) groups is 1. The fraction of sp³-hybridized carbons (Fsp3) is 0.409. The molecule has 0 saturated heterocycles. The van der Waals surface area contributed by atoms with Gasteiger partial charge >= 0.3 is 0 Å². The molecule has 0 bridgehead atoms. The highest BCUT2D eigenvalue weighted by Crippen LogP contribution is 2.35. The second kappa shape index (κ2) is 9.30.